The number of methoxy groups -OCH3 is 4. The Kier molecular flexibility index (Phi) is 7.28. The molecule has 1 heterocycles. The standard InChI is InChI=1S/C30H28N2O6S/c1-35-25-12-10-22(17-26(25)36-2)29(30-24-18-28(38-4)27(37-3)16-21(24)13-14-31-30)32-39(33,34)23-11-9-19-7-5-6-8-20(19)15-23/h5-18,29,32H,1-4H3/t29-/m0/s1. The minimum atomic E-state index is -4.00. The smallest absolute Gasteiger partial charge is 0.241 e. The van der Waals surface area contributed by atoms with Crippen LogP contribution in [0.5, 0.6) is 23.0 Å². The maximum atomic E-state index is 13.8. The van der Waals surface area contributed by atoms with Gasteiger partial charge in [-0.1, -0.05) is 36.4 Å². The molecular weight excluding hydrogens is 516 g/mol. The first-order valence-electron chi connectivity index (χ1n) is 12.1. The number of nitrogens with one attached hydrogen (secondary N) is 1. The van der Waals surface area contributed by atoms with Crippen LogP contribution in [0.15, 0.2) is 90.0 Å². The topological polar surface area (TPSA) is 96.0 Å². The summed E-state index contributed by atoms with van der Waals surface area (Å²) in [5.74, 6) is 2.04. The highest BCUT2D eigenvalue weighted by Crippen LogP contribution is 2.38. The molecule has 5 aromatic rings. The molecule has 9 heteroatoms. The first-order valence-corrected chi connectivity index (χ1v) is 13.6. The van der Waals surface area contributed by atoms with Crippen LogP contribution >= 0.6 is 0 Å². The van der Waals surface area contributed by atoms with Gasteiger partial charge in [0.05, 0.1) is 45.1 Å². The molecule has 0 radical (unpaired) electrons. The van der Waals surface area contributed by atoms with E-state index in [0.717, 1.165) is 16.2 Å². The van der Waals surface area contributed by atoms with Crippen molar-refractivity contribution in [2.75, 3.05) is 28.4 Å². The number of nitrogens with zero attached hydrogens (tertiary/aromatic N) is 1. The molecule has 4 aromatic carbocycles. The molecule has 0 fully saturated rings. The summed E-state index contributed by atoms with van der Waals surface area (Å²) < 4.78 is 52.5. The Balaban J connectivity index is 1.70. The summed E-state index contributed by atoms with van der Waals surface area (Å²) in [5, 5.41) is 3.29. The molecule has 1 atom stereocenters. The number of hydrogen-bond acceptors (Lipinski definition) is 7. The summed E-state index contributed by atoms with van der Waals surface area (Å²) in [6, 6.07) is 22.5. The van der Waals surface area contributed by atoms with E-state index >= 15 is 0 Å². The molecule has 0 aliphatic carbocycles. The summed E-state index contributed by atoms with van der Waals surface area (Å²) in [5.41, 5.74) is 1.11. The minimum Gasteiger partial charge on any atom is -0.493 e. The zero-order chi connectivity index (χ0) is 27.6. The van der Waals surface area contributed by atoms with E-state index < -0.39 is 16.1 Å². The molecule has 5 rings (SSSR count). The number of pyridine rings is 1. The molecule has 8 nitrogen and oxygen atoms in total. The molecular formula is C30H28N2O6S. The highest BCUT2D eigenvalue weighted by Gasteiger charge is 2.27. The lowest BCUT2D eigenvalue weighted by molar-refractivity contribution is 0.354. The average Bonchev–Trinajstić information content (AvgIpc) is 2.98. The molecule has 0 bridgehead atoms. The lowest BCUT2D eigenvalue weighted by Crippen LogP contribution is -2.30. The van der Waals surface area contributed by atoms with Gasteiger partial charge >= 0.3 is 0 Å². The van der Waals surface area contributed by atoms with E-state index in [-0.39, 0.29) is 4.90 Å². The van der Waals surface area contributed by atoms with Gasteiger partial charge in [0.2, 0.25) is 10.0 Å². The summed E-state index contributed by atoms with van der Waals surface area (Å²) in [6.45, 7) is 0. The Hall–Kier alpha value is -4.34. The Bertz CT molecular complexity index is 1770. The number of fused-ring (bicyclic) bond motifs is 2. The van der Waals surface area contributed by atoms with Crippen molar-refractivity contribution < 1.29 is 27.4 Å². The highest BCUT2D eigenvalue weighted by molar-refractivity contribution is 7.89. The molecule has 1 aromatic heterocycles. The van der Waals surface area contributed by atoms with Gasteiger partial charge in [-0.2, -0.15) is 4.72 Å². The largest absolute Gasteiger partial charge is 0.493 e. The Morgan fingerprint density at radius 2 is 1.33 bits per heavy atom. The summed E-state index contributed by atoms with van der Waals surface area (Å²) in [4.78, 5) is 4.79. The van der Waals surface area contributed by atoms with Gasteiger partial charge in [0.15, 0.2) is 23.0 Å². The van der Waals surface area contributed by atoms with Crippen LogP contribution in [0.25, 0.3) is 21.5 Å². The van der Waals surface area contributed by atoms with Gasteiger partial charge in [-0.15, -0.1) is 0 Å². The molecule has 0 spiro atoms. The first kappa shape index (κ1) is 26.3. The molecule has 0 saturated heterocycles. The Morgan fingerprint density at radius 1 is 0.667 bits per heavy atom. The van der Waals surface area contributed by atoms with Crippen LogP contribution in [0.2, 0.25) is 0 Å². The van der Waals surface area contributed by atoms with E-state index in [4.69, 9.17) is 18.9 Å². The Morgan fingerprint density at radius 3 is 2.05 bits per heavy atom. The lowest BCUT2D eigenvalue weighted by atomic mass is 9.98. The maximum Gasteiger partial charge on any atom is 0.241 e. The molecule has 200 valence electrons. The van der Waals surface area contributed by atoms with E-state index in [9.17, 15) is 8.42 Å². The molecule has 1 N–H and O–H groups in total. The van der Waals surface area contributed by atoms with E-state index in [0.29, 0.717) is 39.6 Å². The van der Waals surface area contributed by atoms with Crippen molar-refractivity contribution in [2.24, 2.45) is 0 Å². The average molecular weight is 545 g/mol. The quantitative estimate of drug-likeness (QED) is 0.262. The van der Waals surface area contributed by atoms with Crippen LogP contribution in [0.1, 0.15) is 17.3 Å². The Labute approximate surface area is 227 Å². The number of aromatic nitrogens is 1. The highest BCUT2D eigenvalue weighted by atomic mass is 32.2. The van der Waals surface area contributed by atoms with E-state index in [2.05, 4.69) is 9.71 Å². The molecule has 39 heavy (non-hydrogen) atoms. The van der Waals surface area contributed by atoms with Crippen LogP contribution in [0.4, 0.5) is 0 Å². The fourth-order valence-electron chi connectivity index (χ4n) is 4.62. The van der Waals surface area contributed by atoms with Crippen molar-refractivity contribution in [1.29, 1.82) is 0 Å². The fourth-order valence-corrected chi connectivity index (χ4v) is 5.85. The zero-order valence-corrected chi connectivity index (χ0v) is 22.8. The van der Waals surface area contributed by atoms with Crippen LogP contribution < -0.4 is 23.7 Å². The van der Waals surface area contributed by atoms with Gasteiger partial charge in [0, 0.05) is 11.6 Å². The third-order valence-electron chi connectivity index (χ3n) is 6.62. The number of ether oxygens (including phenoxy) is 4. The van der Waals surface area contributed by atoms with Crippen molar-refractivity contribution >= 4 is 31.6 Å². The summed E-state index contributed by atoms with van der Waals surface area (Å²) in [7, 11) is 2.19. The second kappa shape index (κ2) is 10.8. The van der Waals surface area contributed by atoms with Crippen LogP contribution in [0, 0.1) is 0 Å². The van der Waals surface area contributed by atoms with E-state index in [1.807, 2.05) is 36.4 Å². The number of rotatable bonds is 9. The van der Waals surface area contributed by atoms with Gasteiger partial charge in [-0.05, 0) is 64.2 Å². The second-order valence-corrected chi connectivity index (χ2v) is 10.5. The third-order valence-corrected chi connectivity index (χ3v) is 8.04. The summed E-state index contributed by atoms with van der Waals surface area (Å²) in [6.07, 6.45) is 1.64. The number of benzene rings is 4. The third kappa shape index (κ3) is 5.06. The van der Waals surface area contributed by atoms with Crippen LogP contribution in [0.3, 0.4) is 0 Å². The van der Waals surface area contributed by atoms with Crippen LogP contribution in [-0.2, 0) is 10.0 Å². The van der Waals surface area contributed by atoms with Gasteiger partial charge in [-0.25, -0.2) is 8.42 Å². The van der Waals surface area contributed by atoms with Crippen molar-refractivity contribution in [1.82, 2.24) is 9.71 Å². The normalized spacial score (nSPS) is 12.3. The predicted molar refractivity (Wildman–Crippen MR) is 151 cm³/mol. The van der Waals surface area contributed by atoms with Crippen LogP contribution in [-0.4, -0.2) is 41.8 Å². The van der Waals surface area contributed by atoms with Gasteiger partial charge < -0.3 is 18.9 Å². The second-order valence-electron chi connectivity index (χ2n) is 8.80. The number of hydrogen-bond donors (Lipinski definition) is 1. The summed E-state index contributed by atoms with van der Waals surface area (Å²) >= 11 is 0. The first-order chi connectivity index (χ1) is 18.9. The molecule has 0 aliphatic heterocycles. The molecule has 0 aliphatic rings. The number of sulfonamides is 1. The maximum absolute atomic E-state index is 13.8. The van der Waals surface area contributed by atoms with Crippen molar-refractivity contribution in [3.8, 4) is 23.0 Å². The van der Waals surface area contributed by atoms with Crippen molar-refractivity contribution in [2.45, 2.75) is 10.9 Å². The molecule has 0 saturated carbocycles. The van der Waals surface area contributed by atoms with Gasteiger partial charge in [0.1, 0.15) is 0 Å². The zero-order valence-electron chi connectivity index (χ0n) is 22.0. The van der Waals surface area contributed by atoms with Crippen molar-refractivity contribution in [3.05, 3.63) is 96.3 Å². The molecule has 0 amide bonds. The fraction of sp³-hybridized carbons (Fsp3) is 0.167. The van der Waals surface area contributed by atoms with Gasteiger partial charge in [-0.3, -0.25) is 4.98 Å². The molecule has 0 unspecified atom stereocenters. The van der Waals surface area contributed by atoms with Gasteiger partial charge in [0.25, 0.3) is 0 Å². The monoisotopic (exact) mass is 544 g/mol. The van der Waals surface area contributed by atoms with E-state index in [1.165, 1.54) is 7.11 Å². The lowest BCUT2D eigenvalue weighted by Gasteiger charge is -2.22. The SMILES string of the molecule is COc1ccc([C@H](NS(=O)(=O)c2ccc3ccccc3c2)c2nccc3cc(OC)c(OC)cc23)cc1OC. The predicted octanol–water partition coefficient (Wildman–Crippen LogP) is 5.49. The van der Waals surface area contributed by atoms with Crippen molar-refractivity contribution in [3.63, 3.8) is 0 Å². The minimum absolute atomic E-state index is 0.145. The van der Waals surface area contributed by atoms with E-state index in [1.54, 1.807) is 70.0 Å².